The number of rotatable bonds is 1. The van der Waals surface area contributed by atoms with Crippen molar-refractivity contribution in [3.63, 3.8) is 0 Å². The van der Waals surface area contributed by atoms with Gasteiger partial charge in [-0.1, -0.05) is 24.3 Å². The number of fused-ring (bicyclic) bond motifs is 1. The maximum atomic E-state index is 12.4. The predicted octanol–water partition coefficient (Wildman–Crippen LogP) is 1.86. The van der Waals surface area contributed by atoms with Crippen LogP contribution in [0.15, 0.2) is 42.6 Å². The van der Waals surface area contributed by atoms with Gasteiger partial charge in [0.05, 0.1) is 5.56 Å². The maximum Gasteiger partial charge on any atom is 0.255 e. The van der Waals surface area contributed by atoms with Crippen LogP contribution in [0, 0.1) is 0 Å². The highest BCUT2D eigenvalue weighted by molar-refractivity contribution is 5.94. The lowest BCUT2D eigenvalue weighted by molar-refractivity contribution is 0.0734. The molecule has 1 aromatic heterocycles. The van der Waals surface area contributed by atoms with Gasteiger partial charge in [-0.05, 0) is 29.7 Å². The van der Waals surface area contributed by atoms with E-state index in [2.05, 4.69) is 17.1 Å². The molecule has 2 N–H and O–H groups in total. The number of hydrogen-bond acceptors (Lipinski definition) is 3. The molecule has 0 atom stereocenters. The van der Waals surface area contributed by atoms with Gasteiger partial charge in [-0.25, -0.2) is 4.98 Å². The number of nitrogens with zero attached hydrogens (tertiary/aromatic N) is 2. The van der Waals surface area contributed by atoms with Crippen molar-refractivity contribution >= 4 is 11.7 Å². The smallest absolute Gasteiger partial charge is 0.255 e. The number of carbonyl (C=O) groups excluding carboxylic acids is 1. The molecule has 2 heterocycles. The van der Waals surface area contributed by atoms with Gasteiger partial charge in [-0.3, -0.25) is 4.79 Å². The van der Waals surface area contributed by atoms with Crippen LogP contribution >= 0.6 is 0 Å². The molecule has 0 bridgehead atoms. The molecular formula is C15H15N3O. The number of amides is 1. The molecule has 3 rings (SSSR count). The van der Waals surface area contributed by atoms with Crippen molar-refractivity contribution in [3.05, 3.63) is 59.3 Å². The van der Waals surface area contributed by atoms with E-state index in [9.17, 15) is 4.79 Å². The van der Waals surface area contributed by atoms with E-state index in [4.69, 9.17) is 5.73 Å². The zero-order valence-electron chi connectivity index (χ0n) is 10.5. The lowest BCUT2D eigenvalue weighted by Gasteiger charge is -2.28. The third kappa shape index (κ3) is 2.29. The molecule has 19 heavy (non-hydrogen) atoms. The molecule has 0 fully saturated rings. The quantitative estimate of drug-likeness (QED) is 0.844. The first-order valence-corrected chi connectivity index (χ1v) is 6.31. The SMILES string of the molecule is Nc1ccc(C(=O)N2CCc3ccccc3C2)cn1. The second-order valence-corrected chi connectivity index (χ2v) is 4.72. The molecule has 1 aliphatic heterocycles. The van der Waals surface area contributed by atoms with Crippen LogP contribution in [0.1, 0.15) is 21.5 Å². The van der Waals surface area contributed by atoms with Crippen LogP contribution < -0.4 is 5.73 Å². The fourth-order valence-electron chi connectivity index (χ4n) is 2.38. The van der Waals surface area contributed by atoms with Gasteiger partial charge in [-0.15, -0.1) is 0 Å². The van der Waals surface area contributed by atoms with Gasteiger partial charge in [0.15, 0.2) is 0 Å². The Kier molecular flexibility index (Phi) is 2.91. The van der Waals surface area contributed by atoms with Crippen molar-refractivity contribution in [1.29, 1.82) is 0 Å². The van der Waals surface area contributed by atoms with Crippen LogP contribution in [0.2, 0.25) is 0 Å². The van der Waals surface area contributed by atoms with Gasteiger partial charge in [0.25, 0.3) is 5.91 Å². The number of nitrogens with two attached hydrogens (primary N) is 1. The van der Waals surface area contributed by atoms with Gasteiger partial charge in [-0.2, -0.15) is 0 Å². The third-order valence-corrected chi connectivity index (χ3v) is 3.45. The summed E-state index contributed by atoms with van der Waals surface area (Å²) in [6, 6.07) is 11.6. The van der Waals surface area contributed by atoms with Gasteiger partial charge in [0.2, 0.25) is 0 Å². The number of carbonyl (C=O) groups is 1. The molecule has 0 unspecified atom stereocenters. The Balaban J connectivity index is 1.81. The molecule has 0 saturated carbocycles. The maximum absolute atomic E-state index is 12.4. The average molecular weight is 253 g/mol. The normalized spacial score (nSPS) is 14.0. The molecule has 0 aliphatic carbocycles. The third-order valence-electron chi connectivity index (χ3n) is 3.45. The number of pyridine rings is 1. The molecule has 2 aromatic rings. The number of aromatic nitrogens is 1. The first-order chi connectivity index (χ1) is 9.24. The zero-order chi connectivity index (χ0) is 13.2. The summed E-state index contributed by atoms with van der Waals surface area (Å²) >= 11 is 0. The largest absolute Gasteiger partial charge is 0.384 e. The average Bonchev–Trinajstić information content (AvgIpc) is 2.47. The summed E-state index contributed by atoms with van der Waals surface area (Å²) in [6.45, 7) is 1.42. The predicted molar refractivity (Wildman–Crippen MR) is 73.5 cm³/mol. The van der Waals surface area contributed by atoms with E-state index in [1.807, 2.05) is 17.0 Å². The van der Waals surface area contributed by atoms with Crippen molar-refractivity contribution in [2.24, 2.45) is 0 Å². The zero-order valence-corrected chi connectivity index (χ0v) is 10.5. The second-order valence-electron chi connectivity index (χ2n) is 4.72. The van der Waals surface area contributed by atoms with Gasteiger partial charge in [0.1, 0.15) is 5.82 Å². The Bertz CT molecular complexity index is 607. The highest BCUT2D eigenvalue weighted by Crippen LogP contribution is 2.20. The van der Waals surface area contributed by atoms with Crippen molar-refractivity contribution in [1.82, 2.24) is 9.88 Å². The topological polar surface area (TPSA) is 59.2 Å². The van der Waals surface area contributed by atoms with Crippen molar-refractivity contribution in [2.75, 3.05) is 12.3 Å². The van der Waals surface area contributed by atoms with Crippen LogP contribution in [0.4, 0.5) is 5.82 Å². The minimum Gasteiger partial charge on any atom is -0.384 e. The Morgan fingerprint density at radius 1 is 1.16 bits per heavy atom. The van der Waals surface area contributed by atoms with Crippen LogP contribution in [0.5, 0.6) is 0 Å². The summed E-state index contributed by atoms with van der Waals surface area (Å²) < 4.78 is 0. The second kappa shape index (κ2) is 4.72. The molecule has 1 amide bonds. The number of nitrogen functional groups attached to an aromatic ring is 1. The van der Waals surface area contributed by atoms with E-state index in [0.717, 1.165) is 13.0 Å². The molecule has 1 aromatic carbocycles. The van der Waals surface area contributed by atoms with E-state index in [0.29, 0.717) is 17.9 Å². The molecule has 96 valence electrons. The monoisotopic (exact) mass is 253 g/mol. The van der Waals surface area contributed by atoms with Gasteiger partial charge in [0, 0.05) is 19.3 Å². The van der Waals surface area contributed by atoms with Crippen molar-refractivity contribution in [2.45, 2.75) is 13.0 Å². The van der Waals surface area contributed by atoms with Crippen LogP contribution in [0.3, 0.4) is 0 Å². The summed E-state index contributed by atoms with van der Waals surface area (Å²) in [4.78, 5) is 18.2. The lowest BCUT2D eigenvalue weighted by Crippen LogP contribution is -2.35. The highest BCUT2D eigenvalue weighted by atomic mass is 16.2. The summed E-state index contributed by atoms with van der Waals surface area (Å²) in [7, 11) is 0. The van der Waals surface area contributed by atoms with Crippen LogP contribution in [-0.2, 0) is 13.0 Å². The number of hydrogen-bond donors (Lipinski definition) is 1. The first-order valence-electron chi connectivity index (χ1n) is 6.31. The Hall–Kier alpha value is -2.36. The summed E-state index contributed by atoms with van der Waals surface area (Å²) in [5, 5.41) is 0. The Morgan fingerprint density at radius 3 is 2.68 bits per heavy atom. The molecule has 0 radical (unpaired) electrons. The molecule has 0 spiro atoms. The first kappa shape index (κ1) is 11.7. The van der Waals surface area contributed by atoms with Crippen molar-refractivity contribution < 1.29 is 4.79 Å². The standard InChI is InChI=1S/C15H15N3O/c16-14-6-5-12(9-17-14)15(19)18-8-7-11-3-1-2-4-13(11)10-18/h1-6,9H,7-8,10H2,(H2,16,17). The fraction of sp³-hybridized carbons (Fsp3) is 0.200. The van der Waals surface area contributed by atoms with E-state index in [-0.39, 0.29) is 5.91 Å². The molecular weight excluding hydrogens is 238 g/mol. The van der Waals surface area contributed by atoms with Gasteiger partial charge < -0.3 is 10.6 Å². The summed E-state index contributed by atoms with van der Waals surface area (Å²) in [5.74, 6) is 0.447. The van der Waals surface area contributed by atoms with E-state index >= 15 is 0 Å². The minimum atomic E-state index is 0.0157. The summed E-state index contributed by atoms with van der Waals surface area (Å²) in [5.41, 5.74) is 8.69. The molecule has 4 heteroatoms. The Labute approximate surface area is 111 Å². The lowest BCUT2D eigenvalue weighted by atomic mass is 9.99. The van der Waals surface area contributed by atoms with Crippen molar-refractivity contribution in [3.8, 4) is 0 Å². The van der Waals surface area contributed by atoms with E-state index in [1.54, 1.807) is 12.1 Å². The number of benzene rings is 1. The Morgan fingerprint density at radius 2 is 1.95 bits per heavy atom. The summed E-state index contributed by atoms with van der Waals surface area (Å²) in [6.07, 6.45) is 2.45. The van der Waals surface area contributed by atoms with E-state index in [1.165, 1.54) is 17.3 Å². The van der Waals surface area contributed by atoms with Crippen LogP contribution in [0.25, 0.3) is 0 Å². The molecule has 0 saturated heterocycles. The molecule has 4 nitrogen and oxygen atoms in total. The fourth-order valence-corrected chi connectivity index (χ4v) is 2.38. The highest BCUT2D eigenvalue weighted by Gasteiger charge is 2.21. The van der Waals surface area contributed by atoms with Crippen LogP contribution in [-0.4, -0.2) is 22.3 Å². The van der Waals surface area contributed by atoms with Gasteiger partial charge >= 0.3 is 0 Å². The van der Waals surface area contributed by atoms with E-state index < -0.39 is 0 Å². The minimum absolute atomic E-state index is 0.0157. The molecule has 1 aliphatic rings. The number of anilines is 1.